The van der Waals surface area contributed by atoms with Crippen LogP contribution in [0.2, 0.25) is 0 Å². The number of nitrogens with one attached hydrogen (secondary N) is 1. The number of aliphatic hydroxyl groups is 1. The smallest absolute Gasteiger partial charge is 0.272 e. The first-order valence-corrected chi connectivity index (χ1v) is 12.5. The van der Waals surface area contributed by atoms with Gasteiger partial charge in [0.2, 0.25) is 0 Å². The summed E-state index contributed by atoms with van der Waals surface area (Å²) in [7, 11) is 0. The molecule has 5 rings (SSSR count). The first kappa shape index (κ1) is 23.6. The number of rotatable bonds is 7. The summed E-state index contributed by atoms with van der Waals surface area (Å²) in [5.41, 5.74) is 3.62. The SMILES string of the molecule is O=C(c1ccc(CC2CC[C@H]([C@H](O)c3ccccc3)N2)cn1)N1CCN(Cc2ccccn2)CC1. The maximum absolute atomic E-state index is 13.0. The number of carbonyl (C=O) groups excluding carboxylic acids is 1. The second-order valence-electron chi connectivity index (χ2n) is 9.55. The molecular formula is C28H33N5O2. The van der Waals surface area contributed by atoms with Gasteiger partial charge in [0.15, 0.2) is 0 Å². The zero-order valence-electron chi connectivity index (χ0n) is 20.0. The van der Waals surface area contributed by atoms with E-state index in [4.69, 9.17) is 0 Å². The van der Waals surface area contributed by atoms with Crippen LogP contribution in [0.4, 0.5) is 0 Å². The number of amides is 1. The lowest BCUT2D eigenvalue weighted by atomic mass is 10.0. The highest BCUT2D eigenvalue weighted by Gasteiger charge is 2.30. The molecule has 1 amide bonds. The van der Waals surface area contributed by atoms with Crippen molar-refractivity contribution in [3.63, 3.8) is 0 Å². The van der Waals surface area contributed by atoms with Gasteiger partial charge in [-0.2, -0.15) is 0 Å². The quantitative estimate of drug-likeness (QED) is 0.552. The van der Waals surface area contributed by atoms with Crippen LogP contribution in [0.25, 0.3) is 0 Å². The molecule has 7 heteroatoms. The van der Waals surface area contributed by atoms with Crippen molar-refractivity contribution < 1.29 is 9.90 Å². The number of aliphatic hydroxyl groups excluding tert-OH is 1. The van der Waals surface area contributed by atoms with Crippen molar-refractivity contribution in [2.45, 2.75) is 44.0 Å². The van der Waals surface area contributed by atoms with E-state index >= 15 is 0 Å². The minimum atomic E-state index is -0.497. The van der Waals surface area contributed by atoms with E-state index in [0.717, 1.165) is 55.7 Å². The van der Waals surface area contributed by atoms with E-state index in [2.05, 4.69) is 20.2 Å². The number of carbonyl (C=O) groups is 1. The number of aromatic nitrogens is 2. The van der Waals surface area contributed by atoms with Crippen LogP contribution < -0.4 is 5.32 Å². The Morgan fingerprint density at radius 1 is 0.971 bits per heavy atom. The predicted octanol–water partition coefficient (Wildman–Crippen LogP) is 2.83. The number of nitrogens with zero attached hydrogens (tertiary/aromatic N) is 4. The van der Waals surface area contributed by atoms with Gasteiger partial charge >= 0.3 is 0 Å². The van der Waals surface area contributed by atoms with Gasteiger partial charge in [-0.15, -0.1) is 0 Å². The van der Waals surface area contributed by atoms with Crippen molar-refractivity contribution in [2.75, 3.05) is 26.2 Å². The molecule has 0 aliphatic carbocycles. The van der Waals surface area contributed by atoms with E-state index in [-0.39, 0.29) is 11.9 Å². The second-order valence-corrected chi connectivity index (χ2v) is 9.55. The Morgan fingerprint density at radius 2 is 1.77 bits per heavy atom. The Balaban J connectivity index is 1.10. The van der Waals surface area contributed by atoms with Crippen molar-refractivity contribution in [3.8, 4) is 0 Å². The third-order valence-electron chi connectivity index (χ3n) is 7.10. The van der Waals surface area contributed by atoms with Crippen LogP contribution in [0.15, 0.2) is 73.1 Å². The van der Waals surface area contributed by atoms with Crippen molar-refractivity contribution in [3.05, 3.63) is 95.6 Å². The van der Waals surface area contributed by atoms with E-state index in [1.165, 1.54) is 0 Å². The van der Waals surface area contributed by atoms with Gasteiger partial charge < -0.3 is 15.3 Å². The monoisotopic (exact) mass is 471 g/mol. The lowest BCUT2D eigenvalue weighted by Crippen LogP contribution is -2.48. The zero-order chi connectivity index (χ0) is 24.0. The Labute approximate surface area is 206 Å². The highest BCUT2D eigenvalue weighted by Crippen LogP contribution is 2.26. The Kier molecular flexibility index (Phi) is 7.47. The molecule has 3 atom stereocenters. The first-order valence-electron chi connectivity index (χ1n) is 12.5. The highest BCUT2D eigenvalue weighted by atomic mass is 16.3. The van der Waals surface area contributed by atoms with Crippen LogP contribution in [0.3, 0.4) is 0 Å². The summed E-state index contributed by atoms with van der Waals surface area (Å²) in [6.07, 6.45) is 5.94. The molecular weight excluding hydrogens is 438 g/mol. The number of piperazine rings is 1. The summed E-state index contributed by atoms with van der Waals surface area (Å²) in [6, 6.07) is 20.0. The van der Waals surface area contributed by atoms with Gasteiger partial charge in [-0.25, -0.2) is 0 Å². The molecule has 0 radical (unpaired) electrons. The normalized spacial score (nSPS) is 21.7. The Hall–Kier alpha value is -3.13. The van der Waals surface area contributed by atoms with Gasteiger partial charge in [0, 0.05) is 57.2 Å². The predicted molar refractivity (Wildman–Crippen MR) is 135 cm³/mol. The molecule has 2 fully saturated rings. The summed E-state index contributed by atoms with van der Waals surface area (Å²) in [5.74, 6) is -0.000857. The summed E-state index contributed by atoms with van der Waals surface area (Å²) >= 11 is 0. The molecule has 2 aliphatic heterocycles. The van der Waals surface area contributed by atoms with E-state index in [9.17, 15) is 9.90 Å². The van der Waals surface area contributed by atoms with Crippen molar-refractivity contribution >= 4 is 5.91 Å². The highest BCUT2D eigenvalue weighted by molar-refractivity contribution is 5.92. The summed E-state index contributed by atoms with van der Waals surface area (Å²) < 4.78 is 0. The summed E-state index contributed by atoms with van der Waals surface area (Å²) in [4.78, 5) is 26.1. The van der Waals surface area contributed by atoms with Crippen LogP contribution in [-0.4, -0.2) is 69.0 Å². The van der Waals surface area contributed by atoms with E-state index in [1.807, 2.05) is 78.0 Å². The minimum Gasteiger partial charge on any atom is -0.387 e. The van der Waals surface area contributed by atoms with E-state index in [1.54, 1.807) is 0 Å². The standard InChI is InChI=1S/C28H33N5O2/c34-27(22-6-2-1-3-7-22)25-12-10-23(31-25)18-21-9-11-26(30-19-21)28(35)33-16-14-32(15-17-33)20-24-8-4-5-13-29-24/h1-9,11,13,19,23,25,27,31,34H,10,12,14-18,20H2/t23?,25-,27-/m1/s1. The molecule has 182 valence electrons. The third kappa shape index (κ3) is 5.93. The maximum atomic E-state index is 13.0. The molecule has 0 bridgehead atoms. The molecule has 2 aliphatic rings. The number of pyridine rings is 2. The number of hydrogen-bond acceptors (Lipinski definition) is 6. The van der Waals surface area contributed by atoms with Crippen LogP contribution in [-0.2, 0) is 13.0 Å². The second kappa shape index (κ2) is 11.1. The average molecular weight is 472 g/mol. The van der Waals surface area contributed by atoms with Crippen LogP contribution in [0, 0.1) is 0 Å². The Bertz CT molecular complexity index is 1090. The van der Waals surface area contributed by atoms with Crippen molar-refractivity contribution in [1.82, 2.24) is 25.1 Å². The molecule has 2 saturated heterocycles. The molecule has 2 N–H and O–H groups in total. The molecule has 35 heavy (non-hydrogen) atoms. The fraction of sp³-hybridized carbons (Fsp3) is 0.393. The molecule has 0 spiro atoms. The van der Waals surface area contributed by atoms with E-state index in [0.29, 0.717) is 24.8 Å². The third-order valence-corrected chi connectivity index (χ3v) is 7.10. The molecule has 0 saturated carbocycles. The molecule has 3 aromatic rings. The van der Waals surface area contributed by atoms with Crippen molar-refractivity contribution in [2.24, 2.45) is 0 Å². The van der Waals surface area contributed by atoms with Gasteiger partial charge in [0.25, 0.3) is 5.91 Å². The molecule has 2 aromatic heterocycles. The lowest BCUT2D eigenvalue weighted by Gasteiger charge is -2.34. The first-order chi connectivity index (χ1) is 17.2. The van der Waals surface area contributed by atoms with Gasteiger partial charge in [-0.05, 0) is 48.6 Å². The van der Waals surface area contributed by atoms with Crippen LogP contribution >= 0.6 is 0 Å². The average Bonchev–Trinajstić information content (AvgIpc) is 3.38. The van der Waals surface area contributed by atoms with Crippen LogP contribution in [0.5, 0.6) is 0 Å². The summed E-state index contributed by atoms with van der Waals surface area (Å²) in [5, 5.41) is 14.3. The molecule has 7 nitrogen and oxygen atoms in total. The Morgan fingerprint density at radius 3 is 2.49 bits per heavy atom. The number of benzene rings is 1. The largest absolute Gasteiger partial charge is 0.387 e. The number of hydrogen-bond donors (Lipinski definition) is 2. The molecule has 4 heterocycles. The minimum absolute atomic E-state index is 0.000857. The van der Waals surface area contributed by atoms with Crippen molar-refractivity contribution in [1.29, 1.82) is 0 Å². The maximum Gasteiger partial charge on any atom is 0.272 e. The van der Waals surface area contributed by atoms with Crippen LogP contribution in [0.1, 0.15) is 46.3 Å². The fourth-order valence-electron chi connectivity index (χ4n) is 5.09. The molecule has 1 unspecified atom stereocenters. The van der Waals surface area contributed by atoms with E-state index < -0.39 is 6.10 Å². The van der Waals surface area contributed by atoms with Gasteiger partial charge in [-0.1, -0.05) is 42.5 Å². The topological polar surface area (TPSA) is 81.6 Å². The summed E-state index contributed by atoms with van der Waals surface area (Å²) in [6.45, 7) is 3.89. The lowest BCUT2D eigenvalue weighted by molar-refractivity contribution is 0.0621. The van der Waals surface area contributed by atoms with Gasteiger partial charge in [-0.3, -0.25) is 19.7 Å². The molecule has 1 aromatic carbocycles. The fourth-order valence-corrected chi connectivity index (χ4v) is 5.09. The van der Waals surface area contributed by atoms with Gasteiger partial charge in [0.1, 0.15) is 5.69 Å². The zero-order valence-corrected chi connectivity index (χ0v) is 20.0. The van der Waals surface area contributed by atoms with Gasteiger partial charge in [0.05, 0.1) is 11.8 Å².